The third-order valence-electron chi connectivity index (χ3n) is 5.23. The van der Waals surface area contributed by atoms with Crippen LogP contribution in [0.1, 0.15) is 12.2 Å². The molecule has 1 amide bonds. The molecular formula is C21H17FN8O3. The molecule has 0 spiro atoms. The average molecular weight is 448 g/mol. The number of rotatable bonds is 5. The maximum Gasteiger partial charge on any atom is 0.262 e. The van der Waals surface area contributed by atoms with Crippen LogP contribution >= 0.6 is 0 Å². The molecule has 12 heteroatoms. The number of pyridine rings is 1. The Bertz CT molecular complexity index is 1330. The minimum absolute atomic E-state index is 0.0768. The number of likely N-dealkylation sites (N-methyl/N-ethyl adjacent to an activating group) is 1. The summed E-state index contributed by atoms with van der Waals surface area (Å²) in [6, 6.07) is 11.0. The molecule has 1 atom stereocenters. The first kappa shape index (κ1) is 20.6. The van der Waals surface area contributed by atoms with Crippen molar-refractivity contribution in [3.63, 3.8) is 0 Å². The Hall–Kier alpha value is -4.32. The largest absolute Gasteiger partial charge is 0.373 e. The van der Waals surface area contributed by atoms with Gasteiger partial charge in [0.2, 0.25) is 17.5 Å². The number of carbonyl (C=O) groups excluding carboxylic acids is 1. The number of hydrogen-bond donors (Lipinski definition) is 2. The molecule has 11 nitrogen and oxygen atoms in total. The molecule has 0 radical (unpaired) electrons. The van der Waals surface area contributed by atoms with Crippen molar-refractivity contribution in [2.45, 2.75) is 12.0 Å². The standard InChI is InChI=1S/C21H17FN8O3/c1-30-10-8-21(32,19(30)31)16-11-15(29-33-16)13-4-2-3-12(24-13)14-7-9-23-20(25-14)26-18-6-5-17(22)27-28-18/h2-7,9,11,32H,8,10H2,1H3,(H,23,25,26,28)/t21-/m1/s1. The molecular weight excluding hydrogens is 431 g/mol. The molecule has 2 N–H and O–H groups in total. The van der Waals surface area contributed by atoms with Gasteiger partial charge in [0, 0.05) is 32.3 Å². The monoisotopic (exact) mass is 448 g/mol. The third-order valence-corrected chi connectivity index (χ3v) is 5.23. The first-order valence-electron chi connectivity index (χ1n) is 9.95. The lowest BCUT2D eigenvalue weighted by molar-refractivity contribution is -0.144. The molecule has 4 aromatic heterocycles. The highest BCUT2D eigenvalue weighted by Crippen LogP contribution is 2.34. The average Bonchev–Trinajstić information content (AvgIpc) is 3.43. The van der Waals surface area contributed by atoms with Gasteiger partial charge in [0.1, 0.15) is 5.69 Å². The van der Waals surface area contributed by atoms with Crippen molar-refractivity contribution in [3.05, 3.63) is 60.4 Å². The predicted octanol–water partition coefficient (Wildman–Crippen LogP) is 1.92. The molecule has 0 saturated carbocycles. The maximum absolute atomic E-state index is 13.0. The minimum atomic E-state index is -1.73. The number of aromatic nitrogens is 6. The van der Waals surface area contributed by atoms with Crippen LogP contribution in [-0.4, -0.2) is 59.8 Å². The quantitative estimate of drug-likeness (QED) is 0.465. The van der Waals surface area contributed by atoms with Crippen LogP contribution in [0.4, 0.5) is 16.2 Å². The molecule has 5 rings (SSSR count). The highest BCUT2D eigenvalue weighted by molar-refractivity contribution is 5.87. The summed E-state index contributed by atoms with van der Waals surface area (Å²) in [4.78, 5) is 26.9. The number of anilines is 2. The fourth-order valence-electron chi connectivity index (χ4n) is 3.45. The summed E-state index contributed by atoms with van der Waals surface area (Å²) >= 11 is 0. The zero-order chi connectivity index (χ0) is 23.0. The van der Waals surface area contributed by atoms with Gasteiger partial charge in [-0.25, -0.2) is 15.0 Å². The summed E-state index contributed by atoms with van der Waals surface area (Å²) in [7, 11) is 1.62. The van der Waals surface area contributed by atoms with Crippen molar-refractivity contribution in [1.29, 1.82) is 0 Å². The molecule has 166 valence electrons. The van der Waals surface area contributed by atoms with Crippen LogP contribution in [0.2, 0.25) is 0 Å². The molecule has 33 heavy (non-hydrogen) atoms. The molecule has 4 aromatic rings. The van der Waals surface area contributed by atoms with E-state index in [1.54, 1.807) is 37.5 Å². The van der Waals surface area contributed by atoms with E-state index in [-0.39, 0.29) is 23.9 Å². The second-order valence-electron chi connectivity index (χ2n) is 7.45. The smallest absolute Gasteiger partial charge is 0.262 e. The molecule has 0 bridgehead atoms. The number of nitrogens with zero attached hydrogens (tertiary/aromatic N) is 7. The lowest BCUT2D eigenvalue weighted by Gasteiger charge is -2.16. The summed E-state index contributed by atoms with van der Waals surface area (Å²) < 4.78 is 18.3. The van der Waals surface area contributed by atoms with Gasteiger partial charge in [-0.15, -0.1) is 10.2 Å². The number of nitrogens with one attached hydrogen (secondary N) is 1. The van der Waals surface area contributed by atoms with Crippen molar-refractivity contribution in [2.24, 2.45) is 0 Å². The summed E-state index contributed by atoms with van der Waals surface area (Å²) in [5.41, 5.74) is 0.162. The first-order valence-corrected chi connectivity index (χ1v) is 9.95. The van der Waals surface area contributed by atoms with E-state index >= 15 is 0 Å². The number of halogens is 1. The predicted molar refractivity (Wildman–Crippen MR) is 112 cm³/mol. The van der Waals surface area contributed by atoms with E-state index in [1.807, 2.05) is 0 Å². The Labute approximate surface area is 186 Å². The van der Waals surface area contributed by atoms with Gasteiger partial charge < -0.3 is 19.8 Å². The molecule has 0 unspecified atom stereocenters. The van der Waals surface area contributed by atoms with E-state index in [2.05, 4.69) is 35.6 Å². The Balaban J connectivity index is 1.41. The Morgan fingerprint density at radius 3 is 2.61 bits per heavy atom. The third kappa shape index (κ3) is 3.87. The minimum Gasteiger partial charge on any atom is -0.373 e. The van der Waals surface area contributed by atoms with E-state index in [1.165, 1.54) is 23.1 Å². The number of carbonyl (C=O) groups is 1. The summed E-state index contributed by atoms with van der Waals surface area (Å²) in [5.74, 6) is -0.527. The normalized spacial score (nSPS) is 18.0. The van der Waals surface area contributed by atoms with Gasteiger partial charge >= 0.3 is 0 Å². The van der Waals surface area contributed by atoms with Crippen molar-refractivity contribution < 1.29 is 18.8 Å². The molecule has 1 aliphatic heterocycles. The zero-order valence-corrected chi connectivity index (χ0v) is 17.3. The van der Waals surface area contributed by atoms with Crippen LogP contribution in [0.5, 0.6) is 0 Å². The molecule has 1 aliphatic rings. The molecule has 1 saturated heterocycles. The van der Waals surface area contributed by atoms with E-state index in [0.29, 0.717) is 29.3 Å². The summed E-state index contributed by atoms with van der Waals surface area (Å²) in [5, 5.41) is 24.6. The van der Waals surface area contributed by atoms with Gasteiger partial charge in [0.15, 0.2) is 11.6 Å². The summed E-state index contributed by atoms with van der Waals surface area (Å²) in [6.07, 6.45) is 1.77. The molecule has 5 heterocycles. The molecule has 0 aromatic carbocycles. The fourth-order valence-corrected chi connectivity index (χ4v) is 3.45. The Kier molecular flexibility index (Phi) is 4.98. The fraction of sp³-hybridized carbons (Fsp3) is 0.190. The number of likely N-dealkylation sites (tertiary alicyclic amines) is 1. The highest BCUT2D eigenvalue weighted by atomic mass is 19.1. The first-order chi connectivity index (χ1) is 15.9. The van der Waals surface area contributed by atoms with Crippen LogP contribution in [0.25, 0.3) is 22.8 Å². The van der Waals surface area contributed by atoms with Crippen LogP contribution in [-0.2, 0) is 10.4 Å². The van der Waals surface area contributed by atoms with Crippen molar-refractivity contribution >= 4 is 17.7 Å². The highest BCUT2D eigenvalue weighted by Gasteiger charge is 2.48. The Morgan fingerprint density at radius 1 is 1.09 bits per heavy atom. The van der Waals surface area contributed by atoms with Crippen molar-refractivity contribution in [3.8, 4) is 22.8 Å². The van der Waals surface area contributed by atoms with E-state index in [4.69, 9.17) is 4.52 Å². The van der Waals surface area contributed by atoms with Crippen LogP contribution < -0.4 is 5.32 Å². The number of aliphatic hydroxyl groups is 1. The van der Waals surface area contributed by atoms with Crippen LogP contribution in [0.3, 0.4) is 0 Å². The Morgan fingerprint density at radius 2 is 1.88 bits per heavy atom. The van der Waals surface area contributed by atoms with E-state index in [0.717, 1.165) is 0 Å². The number of amides is 1. The van der Waals surface area contributed by atoms with E-state index in [9.17, 15) is 14.3 Å². The van der Waals surface area contributed by atoms with Gasteiger partial charge in [-0.2, -0.15) is 4.39 Å². The number of hydrogen-bond acceptors (Lipinski definition) is 10. The van der Waals surface area contributed by atoms with Crippen molar-refractivity contribution in [2.75, 3.05) is 18.9 Å². The van der Waals surface area contributed by atoms with Crippen molar-refractivity contribution in [1.82, 2.24) is 35.2 Å². The maximum atomic E-state index is 13.0. The van der Waals surface area contributed by atoms with Gasteiger partial charge in [-0.1, -0.05) is 11.2 Å². The molecule has 0 aliphatic carbocycles. The SMILES string of the molecule is CN1CC[C@@](O)(c2cc(-c3cccc(-c4ccnc(Nc5ccc(F)nn5)n4)n3)no2)C1=O. The van der Waals surface area contributed by atoms with Crippen LogP contribution in [0, 0.1) is 5.95 Å². The van der Waals surface area contributed by atoms with Gasteiger partial charge in [0.25, 0.3) is 5.91 Å². The topological polar surface area (TPSA) is 143 Å². The van der Waals surface area contributed by atoms with Gasteiger partial charge in [-0.05, 0) is 30.3 Å². The van der Waals surface area contributed by atoms with E-state index < -0.39 is 17.5 Å². The lowest BCUT2D eigenvalue weighted by Crippen LogP contribution is -2.35. The second kappa shape index (κ2) is 7.98. The lowest BCUT2D eigenvalue weighted by atomic mass is 9.98. The van der Waals surface area contributed by atoms with Gasteiger partial charge in [-0.3, -0.25) is 4.79 Å². The van der Waals surface area contributed by atoms with Crippen LogP contribution in [0.15, 0.2) is 53.2 Å². The second-order valence-corrected chi connectivity index (χ2v) is 7.45. The molecule has 1 fully saturated rings. The van der Waals surface area contributed by atoms with Gasteiger partial charge in [0.05, 0.1) is 17.1 Å². The summed E-state index contributed by atoms with van der Waals surface area (Å²) in [6.45, 7) is 0.423. The zero-order valence-electron chi connectivity index (χ0n) is 17.3.